The molecule has 50 heavy (non-hydrogen) atoms. The summed E-state index contributed by atoms with van der Waals surface area (Å²) in [6, 6.07) is 18.3. The molecule has 0 saturated carbocycles. The Hall–Kier alpha value is -4.18. The zero-order chi connectivity index (χ0) is 34.0. The maximum atomic E-state index is 14.4. The van der Waals surface area contributed by atoms with Gasteiger partial charge in [-0.3, -0.25) is 0 Å². The highest BCUT2D eigenvalue weighted by atomic mass is 32.1. The van der Waals surface area contributed by atoms with Crippen LogP contribution in [0.3, 0.4) is 0 Å². The van der Waals surface area contributed by atoms with Crippen LogP contribution >= 0.6 is 68.0 Å². The molecule has 10 rings (SSSR count). The molecule has 0 spiro atoms. The van der Waals surface area contributed by atoms with Gasteiger partial charge in [-0.25, -0.2) is 36.3 Å². The van der Waals surface area contributed by atoms with E-state index in [1.54, 1.807) is 34.8 Å². The molecule has 0 aliphatic heterocycles. The van der Waals surface area contributed by atoms with Crippen LogP contribution in [0.4, 0.5) is 26.3 Å². The van der Waals surface area contributed by atoms with Crippen molar-refractivity contribution in [3.8, 4) is 40.7 Å². The van der Waals surface area contributed by atoms with Gasteiger partial charge < -0.3 is 0 Å². The molecule has 6 aromatic heterocycles. The van der Waals surface area contributed by atoms with Gasteiger partial charge in [0.05, 0.1) is 20.9 Å². The molecule has 0 aliphatic rings. The average Bonchev–Trinajstić information content (AvgIpc) is 3.87. The number of hydrogen-bond acceptors (Lipinski definition) is 8. The number of aromatic nitrogens is 2. The second-order valence-corrected chi connectivity index (χ2v) is 17.7. The number of nitrogens with zero attached hydrogens (tertiary/aromatic N) is 2. The molecule has 0 unspecified atom stereocenters. The molecule has 6 heterocycles. The Balaban J connectivity index is 0.946. The van der Waals surface area contributed by atoms with Gasteiger partial charge in [-0.05, 0) is 70.1 Å². The lowest BCUT2D eigenvalue weighted by Crippen LogP contribution is -1.90. The van der Waals surface area contributed by atoms with E-state index < -0.39 is 34.9 Å². The molecule has 0 fully saturated rings. The van der Waals surface area contributed by atoms with Crippen molar-refractivity contribution in [2.75, 3.05) is 0 Å². The van der Waals surface area contributed by atoms with Gasteiger partial charge >= 0.3 is 0 Å². The molecule has 14 heteroatoms. The van der Waals surface area contributed by atoms with Crippen LogP contribution in [0.5, 0.6) is 0 Å². The SMILES string of the molecule is Fc1cc(F)c(-c2cc3cc4sc(-c5nc6sc(-c7cc8cc9sc(-c%10c(F)cc(F)cc%10F)cc9cc8s7)nc6s5)cc4cc3s2)c(F)c1. The van der Waals surface area contributed by atoms with E-state index >= 15 is 0 Å². The van der Waals surface area contributed by atoms with Gasteiger partial charge in [0.2, 0.25) is 0 Å². The van der Waals surface area contributed by atoms with Crippen LogP contribution in [-0.4, -0.2) is 9.97 Å². The minimum absolute atomic E-state index is 0.227. The van der Waals surface area contributed by atoms with E-state index in [4.69, 9.17) is 9.97 Å². The highest BCUT2D eigenvalue weighted by Gasteiger charge is 2.21. The molecule has 0 bridgehead atoms. The first-order valence-corrected chi connectivity index (χ1v) is 19.6. The summed E-state index contributed by atoms with van der Waals surface area (Å²) in [4.78, 5) is 14.3. The summed E-state index contributed by atoms with van der Waals surface area (Å²) in [5.41, 5.74) is -0.454. The summed E-state index contributed by atoms with van der Waals surface area (Å²) >= 11 is 8.70. The quantitative estimate of drug-likeness (QED) is 0.166. The van der Waals surface area contributed by atoms with Gasteiger partial charge in [0.1, 0.15) is 44.9 Å². The second kappa shape index (κ2) is 11.2. The standard InChI is InChI=1S/C36H12F6N2S6/c37-17-9-19(39)31(20(40)10-17)27-5-13-1-25-15(3-23(13)45-27)7-29(47-25)33-43-35-36(49-33)44-34(50-35)30-8-16-4-24-14(2-26(16)48-30)6-28(46-24)32-21(41)11-18(38)12-22(32)42/h1-12H. The lowest BCUT2D eigenvalue weighted by molar-refractivity contribution is 0.547. The van der Waals surface area contributed by atoms with Crippen molar-refractivity contribution in [3.05, 3.63) is 108 Å². The summed E-state index contributed by atoms with van der Waals surface area (Å²) in [7, 11) is 0. The van der Waals surface area contributed by atoms with Gasteiger partial charge in [0, 0.05) is 52.8 Å². The Morgan fingerprint density at radius 1 is 0.340 bits per heavy atom. The summed E-state index contributed by atoms with van der Waals surface area (Å²) in [5.74, 6) is -5.62. The molecule has 0 N–H and O–H groups in total. The smallest absolute Gasteiger partial charge is 0.155 e. The molecule has 4 aromatic carbocycles. The number of hydrogen-bond donors (Lipinski definition) is 0. The van der Waals surface area contributed by atoms with E-state index in [2.05, 4.69) is 12.1 Å². The Morgan fingerprint density at radius 3 is 0.980 bits per heavy atom. The van der Waals surface area contributed by atoms with Crippen molar-refractivity contribution >= 4 is 118 Å². The molecule has 0 amide bonds. The third-order valence-corrected chi connectivity index (χ3v) is 15.0. The Kier molecular flexibility index (Phi) is 6.84. The van der Waals surface area contributed by atoms with Crippen LogP contribution in [0, 0.1) is 34.9 Å². The molecule has 0 atom stereocenters. The van der Waals surface area contributed by atoms with Crippen molar-refractivity contribution < 1.29 is 26.3 Å². The summed E-state index contributed by atoms with van der Waals surface area (Å²) in [6.07, 6.45) is 0. The first-order valence-electron chi connectivity index (χ1n) is 14.7. The zero-order valence-electron chi connectivity index (χ0n) is 24.5. The highest BCUT2D eigenvalue weighted by Crippen LogP contribution is 2.46. The van der Waals surface area contributed by atoms with Crippen LogP contribution in [0.2, 0.25) is 0 Å². The Morgan fingerprint density at radius 2 is 0.640 bits per heavy atom. The summed E-state index contributed by atoms with van der Waals surface area (Å²) in [6.45, 7) is 0. The fourth-order valence-electron chi connectivity index (χ4n) is 6.01. The van der Waals surface area contributed by atoms with E-state index in [-0.39, 0.29) is 11.1 Å². The molecule has 10 aromatic rings. The number of halogens is 6. The minimum Gasteiger partial charge on any atom is -0.222 e. The van der Waals surface area contributed by atoms with Crippen molar-refractivity contribution in [2.24, 2.45) is 0 Å². The zero-order valence-corrected chi connectivity index (χ0v) is 29.4. The van der Waals surface area contributed by atoms with Gasteiger partial charge in [-0.2, -0.15) is 0 Å². The summed E-state index contributed by atoms with van der Waals surface area (Å²) < 4.78 is 88.4. The average molecular weight is 779 g/mol. The Bertz CT molecular complexity index is 2650. The molecule has 2 nitrogen and oxygen atoms in total. The van der Waals surface area contributed by atoms with Gasteiger partial charge in [0.25, 0.3) is 0 Å². The van der Waals surface area contributed by atoms with Crippen LogP contribution in [0.1, 0.15) is 0 Å². The van der Waals surface area contributed by atoms with Crippen LogP contribution < -0.4 is 0 Å². The highest BCUT2D eigenvalue weighted by molar-refractivity contribution is 7.33. The minimum atomic E-state index is -0.952. The third kappa shape index (κ3) is 4.92. The van der Waals surface area contributed by atoms with Gasteiger partial charge in [0.15, 0.2) is 9.66 Å². The molecule has 0 aliphatic carbocycles. The van der Waals surface area contributed by atoms with Crippen molar-refractivity contribution in [1.82, 2.24) is 9.97 Å². The van der Waals surface area contributed by atoms with Crippen molar-refractivity contribution in [3.63, 3.8) is 0 Å². The molecular weight excluding hydrogens is 767 g/mol. The fourth-order valence-corrected chi connectivity index (χ4v) is 12.6. The number of rotatable bonds is 4. The van der Waals surface area contributed by atoms with Gasteiger partial charge in [-0.1, -0.05) is 22.7 Å². The van der Waals surface area contributed by atoms with Crippen LogP contribution in [-0.2, 0) is 0 Å². The van der Waals surface area contributed by atoms with Crippen molar-refractivity contribution in [1.29, 1.82) is 0 Å². The molecule has 244 valence electrons. The van der Waals surface area contributed by atoms with E-state index in [1.807, 2.05) is 24.3 Å². The van der Waals surface area contributed by atoms with E-state index in [1.165, 1.54) is 45.3 Å². The number of fused-ring (bicyclic) bond motifs is 5. The number of benzene rings is 4. The number of thiophene rings is 4. The normalized spacial score (nSPS) is 12.2. The van der Waals surface area contributed by atoms with E-state index in [0.29, 0.717) is 34.0 Å². The van der Waals surface area contributed by atoms with Crippen molar-refractivity contribution in [2.45, 2.75) is 0 Å². The maximum Gasteiger partial charge on any atom is 0.155 e. The topological polar surface area (TPSA) is 25.8 Å². The third-order valence-electron chi connectivity index (χ3n) is 8.21. The predicted molar refractivity (Wildman–Crippen MR) is 198 cm³/mol. The summed E-state index contributed by atoms with van der Waals surface area (Å²) in [5, 5.41) is 5.38. The molecular formula is C36H12F6N2S6. The Labute approximate surface area is 300 Å². The first kappa shape index (κ1) is 30.6. The lowest BCUT2D eigenvalue weighted by Gasteiger charge is -2.01. The molecule has 0 radical (unpaired) electrons. The monoisotopic (exact) mass is 778 g/mol. The van der Waals surface area contributed by atoms with Gasteiger partial charge in [-0.15, -0.1) is 45.3 Å². The lowest BCUT2D eigenvalue weighted by atomic mass is 10.1. The van der Waals surface area contributed by atoms with E-state index in [9.17, 15) is 26.3 Å². The predicted octanol–water partition coefficient (Wildman–Crippen LogP) is 14.1. The maximum absolute atomic E-state index is 14.4. The first-order chi connectivity index (χ1) is 24.1. The number of thiazole rings is 2. The fraction of sp³-hybridized carbons (Fsp3) is 0. The second-order valence-electron chi connectivity index (χ2n) is 11.4. The van der Waals surface area contributed by atoms with E-state index in [0.717, 1.165) is 69.8 Å². The van der Waals surface area contributed by atoms with Crippen LogP contribution in [0.25, 0.3) is 90.7 Å². The molecule has 0 saturated heterocycles. The largest absolute Gasteiger partial charge is 0.222 e. The van der Waals surface area contributed by atoms with Crippen LogP contribution in [0.15, 0.2) is 72.8 Å².